The molecule has 0 saturated carbocycles. The van der Waals surface area contributed by atoms with Crippen LogP contribution in [0.5, 0.6) is 0 Å². The van der Waals surface area contributed by atoms with Crippen LogP contribution in [0.2, 0.25) is 18.1 Å². The van der Waals surface area contributed by atoms with E-state index in [1.165, 1.54) is 11.3 Å². The predicted octanol–water partition coefficient (Wildman–Crippen LogP) is 3.79. The Labute approximate surface area is 117 Å². The Bertz CT molecular complexity index is 503. The minimum Gasteiger partial charge on any atom is -0.232 e. The van der Waals surface area contributed by atoms with Crippen LogP contribution >= 0.6 is 27.3 Å². The van der Waals surface area contributed by atoms with Crippen LogP contribution in [0.3, 0.4) is 0 Å². The maximum absolute atomic E-state index is 12.2. The highest BCUT2D eigenvalue weighted by atomic mass is 79.9. The first-order valence-corrected chi connectivity index (χ1v) is 11.3. The average molecular weight is 356 g/mol. The fourth-order valence-corrected chi connectivity index (χ4v) is 8.07. The average Bonchev–Trinajstić information content (AvgIpc) is 2.48. The number of halogens is 1. The number of sulfonamides is 1. The Hall–Kier alpha value is 0.307. The van der Waals surface area contributed by atoms with E-state index in [2.05, 4.69) is 41.1 Å². The first-order valence-electron chi connectivity index (χ1n) is 5.25. The molecule has 0 aliphatic carbocycles. The molecule has 0 bridgehead atoms. The van der Waals surface area contributed by atoms with Crippen LogP contribution in [0.15, 0.2) is 20.1 Å². The molecule has 17 heavy (non-hydrogen) atoms. The summed E-state index contributed by atoms with van der Waals surface area (Å²) >= 11 is 4.52. The third kappa shape index (κ3) is 3.63. The van der Waals surface area contributed by atoms with E-state index in [1.807, 2.05) is 13.1 Å². The molecule has 0 aliphatic heterocycles. The number of nitrogens with one attached hydrogen (secondary N) is 1. The summed E-state index contributed by atoms with van der Waals surface area (Å²) in [4.78, 5) is 0. The smallest absolute Gasteiger partial charge is 0.232 e. The predicted molar refractivity (Wildman–Crippen MR) is 79.5 cm³/mol. The summed E-state index contributed by atoms with van der Waals surface area (Å²) in [6.45, 7) is 10.3. The van der Waals surface area contributed by atoms with E-state index >= 15 is 0 Å². The Kier molecular flexibility index (Phi) is 4.31. The van der Waals surface area contributed by atoms with E-state index in [-0.39, 0.29) is 5.04 Å². The van der Waals surface area contributed by atoms with Gasteiger partial charge < -0.3 is 0 Å². The van der Waals surface area contributed by atoms with Crippen LogP contribution in [0.4, 0.5) is 0 Å². The van der Waals surface area contributed by atoms with Crippen LogP contribution in [0.1, 0.15) is 20.8 Å². The third-order valence-corrected chi connectivity index (χ3v) is 12.9. The Morgan fingerprint density at radius 3 is 2.18 bits per heavy atom. The van der Waals surface area contributed by atoms with Crippen molar-refractivity contribution in [3.05, 3.63) is 15.9 Å². The van der Waals surface area contributed by atoms with Crippen molar-refractivity contribution < 1.29 is 8.42 Å². The number of rotatable bonds is 3. The molecule has 0 spiro atoms. The summed E-state index contributed by atoms with van der Waals surface area (Å²) in [5.41, 5.74) is 0. The van der Waals surface area contributed by atoms with Crippen molar-refractivity contribution in [3.63, 3.8) is 0 Å². The maximum atomic E-state index is 12.2. The zero-order valence-electron chi connectivity index (χ0n) is 10.7. The molecule has 98 valence electrons. The maximum Gasteiger partial charge on any atom is 0.244 e. The minimum atomic E-state index is -3.38. The summed E-state index contributed by atoms with van der Waals surface area (Å²) in [6.07, 6.45) is 0. The Morgan fingerprint density at radius 2 is 1.82 bits per heavy atom. The van der Waals surface area contributed by atoms with Gasteiger partial charge in [-0.2, -0.15) is 0 Å². The lowest BCUT2D eigenvalue weighted by atomic mass is 10.2. The van der Waals surface area contributed by atoms with Crippen molar-refractivity contribution >= 4 is 45.5 Å². The molecule has 0 saturated heterocycles. The lowest BCUT2D eigenvalue weighted by Crippen LogP contribution is -2.54. The third-order valence-electron chi connectivity index (χ3n) is 3.08. The van der Waals surface area contributed by atoms with Crippen LogP contribution in [-0.4, -0.2) is 16.7 Å². The topological polar surface area (TPSA) is 46.2 Å². The molecule has 0 radical (unpaired) electrons. The normalized spacial score (nSPS) is 14.0. The highest BCUT2D eigenvalue weighted by molar-refractivity contribution is 9.11. The van der Waals surface area contributed by atoms with Crippen LogP contribution in [-0.2, 0) is 10.0 Å². The second kappa shape index (κ2) is 4.77. The molecule has 1 N–H and O–H groups in total. The van der Waals surface area contributed by atoms with E-state index in [0.29, 0.717) is 4.21 Å². The minimum absolute atomic E-state index is 0.0193. The van der Waals surface area contributed by atoms with Crippen molar-refractivity contribution in [2.75, 3.05) is 0 Å². The number of thiophene rings is 1. The van der Waals surface area contributed by atoms with Crippen LogP contribution in [0, 0.1) is 0 Å². The van der Waals surface area contributed by atoms with Crippen molar-refractivity contribution in [3.8, 4) is 0 Å². The van der Waals surface area contributed by atoms with E-state index in [9.17, 15) is 8.42 Å². The summed E-state index contributed by atoms with van der Waals surface area (Å²) in [5, 5.41) is -0.0193. The molecule has 0 aromatic carbocycles. The van der Waals surface area contributed by atoms with Gasteiger partial charge >= 0.3 is 0 Å². The molecular weight excluding hydrogens is 338 g/mol. The molecule has 0 amide bonds. The van der Waals surface area contributed by atoms with Gasteiger partial charge in [-0.15, -0.1) is 11.3 Å². The van der Waals surface area contributed by atoms with Gasteiger partial charge in [0.2, 0.25) is 10.0 Å². The molecule has 1 heterocycles. The highest BCUT2D eigenvalue weighted by Gasteiger charge is 2.39. The van der Waals surface area contributed by atoms with Gasteiger partial charge in [0.05, 0.1) is 3.79 Å². The van der Waals surface area contributed by atoms with Gasteiger partial charge in [-0.1, -0.05) is 33.9 Å². The van der Waals surface area contributed by atoms with Crippen molar-refractivity contribution in [1.82, 2.24) is 4.39 Å². The largest absolute Gasteiger partial charge is 0.244 e. The van der Waals surface area contributed by atoms with Gasteiger partial charge in [-0.3, -0.25) is 0 Å². The number of hydrogen-bond donors (Lipinski definition) is 1. The highest BCUT2D eigenvalue weighted by Crippen LogP contribution is 2.35. The molecule has 0 fully saturated rings. The molecule has 0 atom stereocenters. The molecule has 1 aromatic rings. The van der Waals surface area contributed by atoms with E-state index in [0.717, 1.165) is 3.79 Å². The van der Waals surface area contributed by atoms with E-state index in [1.54, 1.807) is 12.1 Å². The molecule has 1 rings (SSSR count). The van der Waals surface area contributed by atoms with Gasteiger partial charge in [-0.05, 0) is 33.1 Å². The van der Waals surface area contributed by atoms with Gasteiger partial charge in [0.15, 0.2) is 0 Å². The molecule has 0 unspecified atom stereocenters. The summed E-state index contributed by atoms with van der Waals surface area (Å²) in [7, 11) is -5.44. The standard InChI is InChI=1S/C10H18BrNO2S2Si/c1-10(2,3)17(4,5)12-16(13,14)9-7-6-8(11)15-9/h6-7,12H,1-5H3. The SMILES string of the molecule is CC(C)(C)[Si](C)(C)NS(=O)(=O)c1ccc(Br)s1. The quantitative estimate of drug-likeness (QED) is 0.838. The molecule has 1 aromatic heterocycles. The summed E-state index contributed by atoms with van der Waals surface area (Å²) in [5.74, 6) is 0. The zero-order chi connectivity index (χ0) is 13.5. The monoisotopic (exact) mass is 355 g/mol. The first kappa shape index (κ1) is 15.4. The lowest BCUT2D eigenvalue weighted by Gasteiger charge is -2.36. The van der Waals surface area contributed by atoms with Crippen molar-refractivity contribution in [2.24, 2.45) is 0 Å². The fourth-order valence-electron chi connectivity index (χ4n) is 0.981. The van der Waals surface area contributed by atoms with Crippen LogP contribution < -0.4 is 4.39 Å². The van der Waals surface area contributed by atoms with Crippen molar-refractivity contribution in [1.29, 1.82) is 0 Å². The molecule has 0 aliphatic rings. The first-order chi connectivity index (χ1) is 7.46. The van der Waals surface area contributed by atoms with Crippen molar-refractivity contribution in [2.45, 2.75) is 43.1 Å². The Balaban J connectivity index is 3.03. The van der Waals surface area contributed by atoms with E-state index in [4.69, 9.17) is 0 Å². The zero-order valence-corrected chi connectivity index (χ0v) is 14.9. The summed E-state index contributed by atoms with van der Waals surface area (Å²) in [6, 6.07) is 3.38. The molecular formula is C10H18BrNO2S2Si. The van der Waals surface area contributed by atoms with E-state index < -0.39 is 18.3 Å². The fraction of sp³-hybridized carbons (Fsp3) is 0.600. The van der Waals surface area contributed by atoms with Gasteiger partial charge in [-0.25, -0.2) is 12.8 Å². The van der Waals surface area contributed by atoms with Gasteiger partial charge in [0.25, 0.3) is 0 Å². The summed E-state index contributed by atoms with van der Waals surface area (Å²) < 4.78 is 28.5. The van der Waals surface area contributed by atoms with Gasteiger partial charge in [0.1, 0.15) is 12.4 Å². The number of hydrogen-bond acceptors (Lipinski definition) is 3. The van der Waals surface area contributed by atoms with Crippen LogP contribution in [0.25, 0.3) is 0 Å². The molecule has 7 heteroatoms. The lowest BCUT2D eigenvalue weighted by molar-refractivity contribution is 0.591. The molecule has 3 nitrogen and oxygen atoms in total. The second-order valence-corrected chi connectivity index (χ2v) is 15.3. The second-order valence-electron chi connectivity index (χ2n) is 5.54. The van der Waals surface area contributed by atoms with Gasteiger partial charge in [0, 0.05) is 0 Å². The Morgan fingerprint density at radius 1 is 1.29 bits per heavy atom.